The first-order valence-electron chi connectivity index (χ1n) is 12.1. The van der Waals surface area contributed by atoms with Crippen molar-refractivity contribution in [2.24, 2.45) is 5.92 Å². The highest BCUT2D eigenvalue weighted by Gasteiger charge is 2.29. The Morgan fingerprint density at radius 2 is 2.06 bits per heavy atom. The largest absolute Gasteiger partial charge is 0.468 e. The van der Waals surface area contributed by atoms with E-state index in [0.29, 0.717) is 25.9 Å². The molecule has 2 aliphatic heterocycles. The predicted octanol–water partition coefficient (Wildman–Crippen LogP) is 3.97. The lowest BCUT2D eigenvalue weighted by Crippen LogP contribution is -2.33. The average molecular weight is 513 g/mol. The third kappa shape index (κ3) is 8.22. The van der Waals surface area contributed by atoms with Crippen molar-refractivity contribution in [1.82, 2.24) is 20.1 Å². The maximum Gasteiger partial charge on any atom is 0.422 e. The Morgan fingerprint density at radius 1 is 1.23 bits per heavy atom. The Morgan fingerprint density at radius 3 is 2.77 bits per heavy atom. The maximum absolute atomic E-state index is 12.4. The first-order chi connectivity index (χ1) is 16.7. The fourth-order valence-corrected chi connectivity index (χ4v) is 5.35. The molecule has 0 N–H and O–H groups in total. The Kier molecular flexibility index (Phi) is 8.72. The summed E-state index contributed by atoms with van der Waals surface area (Å²) in [6.45, 7) is 3.75. The van der Waals surface area contributed by atoms with Crippen LogP contribution >= 0.6 is 11.3 Å². The molecule has 0 spiro atoms. The number of fused-ring (bicyclic) bond motifs is 1. The van der Waals surface area contributed by atoms with Crippen LogP contribution in [0.1, 0.15) is 47.0 Å². The van der Waals surface area contributed by atoms with Crippen LogP contribution in [0, 0.1) is 12.8 Å². The van der Waals surface area contributed by atoms with Gasteiger partial charge in [0.25, 0.3) is 0 Å². The van der Waals surface area contributed by atoms with Crippen molar-refractivity contribution in [3.63, 3.8) is 0 Å². The molecular weight excluding hydrogens is 481 g/mol. The number of nitrogens with zero attached hydrogens (tertiary/aromatic N) is 4. The van der Waals surface area contributed by atoms with Crippen LogP contribution in [0.4, 0.5) is 13.2 Å². The molecule has 0 amide bonds. The SMILES string of the molecule is Cc1nnc(CC(=O)C[C@H]2CC[C@H](CCN3CCc4ccc(OCC(F)(F)F)nc4CC3)OC2)s1. The number of ether oxygens (including phenoxy) is 2. The number of rotatable bonds is 9. The third-order valence-corrected chi connectivity index (χ3v) is 7.29. The fraction of sp³-hybridized carbons (Fsp3) is 0.667. The van der Waals surface area contributed by atoms with Crippen LogP contribution < -0.4 is 4.74 Å². The lowest BCUT2D eigenvalue weighted by atomic mass is 9.92. The zero-order valence-corrected chi connectivity index (χ0v) is 20.7. The molecule has 11 heteroatoms. The summed E-state index contributed by atoms with van der Waals surface area (Å²) in [7, 11) is 0. The van der Waals surface area contributed by atoms with E-state index in [4.69, 9.17) is 9.47 Å². The van der Waals surface area contributed by atoms with Crippen molar-refractivity contribution in [1.29, 1.82) is 0 Å². The molecule has 1 saturated heterocycles. The highest BCUT2D eigenvalue weighted by Crippen LogP contribution is 2.26. The first kappa shape index (κ1) is 26.0. The van der Waals surface area contributed by atoms with Gasteiger partial charge in [-0.2, -0.15) is 13.2 Å². The van der Waals surface area contributed by atoms with E-state index in [-0.39, 0.29) is 23.7 Å². The lowest BCUT2D eigenvalue weighted by Gasteiger charge is -2.30. The molecule has 0 bridgehead atoms. The van der Waals surface area contributed by atoms with Crippen LogP contribution in [0.5, 0.6) is 5.88 Å². The quantitative estimate of drug-likeness (QED) is 0.503. The molecule has 4 heterocycles. The minimum atomic E-state index is -4.37. The van der Waals surface area contributed by atoms with Crippen LogP contribution in [0.2, 0.25) is 0 Å². The molecule has 1 fully saturated rings. The summed E-state index contributed by atoms with van der Waals surface area (Å²) in [5.74, 6) is 0.481. The number of hydrogen-bond acceptors (Lipinski definition) is 8. The Labute approximate surface area is 207 Å². The van der Waals surface area contributed by atoms with E-state index in [1.165, 1.54) is 17.4 Å². The minimum absolute atomic E-state index is 0.0246. The number of carbonyl (C=O) groups is 1. The topological polar surface area (TPSA) is 77.4 Å². The maximum atomic E-state index is 12.4. The number of alkyl halides is 3. The molecular formula is C24H31F3N4O3S. The van der Waals surface area contributed by atoms with Crippen LogP contribution in [-0.4, -0.2) is 71.0 Å². The predicted molar refractivity (Wildman–Crippen MR) is 125 cm³/mol. The molecule has 0 unspecified atom stereocenters. The van der Waals surface area contributed by atoms with Crippen molar-refractivity contribution >= 4 is 17.1 Å². The summed E-state index contributed by atoms with van der Waals surface area (Å²) < 4.78 is 48.1. The summed E-state index contributed by atoms with van der Waals surface area (Å²) in [4.78, 5) is 19.0. The standard InChI is InChI=1S/C24H31F3N4O3S/c1-16-29-30-23(35-16)13-19(32)12-17-2-4-20(33-14-17)7-10-31-9-6-18-3-5-22(28-21(18)8-11-31)34-15-24(25,26)27/h3,5,17,20H,2,4,6-15H2,1H3/t17-,20-/m1/s1. The highest BCUT2D eigenvalue weighted by atomic mass is 32.1. The van der Waals surface area contributed by atoms with E-state index < -0.39 is 12.8 Å². The molecule has 0 saturated carbocycles. The van der Waals surface area contributed by atoms with Crippen molar-refractivity contribution in [2.75, 3.05) is 32.8 Å². The van der Waals surface area contributed by atoms with Crippen molar-refractivity contribution in [3.05, 3.63) is 33.4 Å². The summed E-state index contributed by atoms with van der Waals surface area (Å²) in [6, 6.07) is 3.35. The molecule has 0 aromatic carbocycles. The van der Waals surface area contributed by atoms with Gasteiger partial charge in [-0.25, -0.2) is 4.98 Å². The van der Waals surface area contributed by atoms with Gasteiger partial charge in [0.1, 0.15) is 15.8 Å². The first-order valence-corrected chi connectivity index (χ1v) is 12.9. The Hall–Kier alpha value is -2.11. The molecule has 2 aliphatic rings. The second kappa shape index (κ2) is 11.7. The zero-order chi connectivity index (χ0) is 24.8. The second-order valence-corrected chi connectivity index (χ2v) is 10.6. The summed E-state index contributed by atoms with van der Waals surface area (Å²) in [5, 5.41) is 9.65. The molecule has 35 heavy (non-hydrogen) atoms. The molecule has 2 aromatic heterocycles. The lowest BCUT2D eigenvalue weighted by molar-refractivity contribution is -0.154. The third-order valence-electron chi connectivity index (χ3n) is 6.45. The van der Waals surface area contributed by atoms with Crippen LogP contribution in [-0.2, 0) is 28.8 Å². The molecule has 2 aromatic rings. The van der Waals surface area contributed by atoms with Gasteiger partial charge in [-0.15, -0.1) is 21.5 Å². The van der Waals surface area contributed by atoms with E-state index >= 15 is 0 Å². The van der Waals surface area contributed by atoms with Crippen LogP contribution in [0.25, 0.3) is 0 Å². The number of aryl methyl sites for hydroxylation is 1. The highest BCUT2D eigenvalue weighted by molar-refractivity contribution is 7.11. The van der Waals surface area contributed by atoms with Crippen molar-refractivity contribution in [3.8, 4) is 5.88 Å². The van der Waals surface area contributed by atoms with E-state index in [1.807, 2.05) is 13.0 Å². The van der Waals surface area contributed by atoms with Crippen molar-refractivity contribution in [2.45, 2.75) is 64.1 Å². The average Bonchev–Trinajstić information content (AvgIpc) is 3.10. The second-order valence-electron chi connectivity index (χ2n) is 9.32. The van der Waals surface area contributed by atoms with E-state index in [1.54, 1.807) is 0 Å². The Bertz CT molecular complexity index is 993. The number of pyridine rings is 1. The summed E-state index contributed by atoms with van der Waals surface area (Å²) >= 11 is 1.47. The smallest absolute Gasteiger partial charge is 0.422 e. The molecule has 4 rings (SSSR count). The van der Waals surface area contributed by atoms with Gasteiger partial charge < -0.3 is 14.4 Å². The van der Waals surface area contributed by atoms with Crippen molar-refractivity contribution < 1.29 is 27.4 Å². The fourth-order valence-electron chi connectivity index (χ4n) is 4.62. The monoisotopic (exact) mass is 512 g/mol. The Balaban J connectivity index is 1.16. The minimum Gasteiger partial charge on any atom is -0.468 e. The normalized spacial score (nSPS) is 21.4. The van der Waals surface area contributed by atoms with Gasteiger partial charge in [0.05, 0.1) is 19.1 Å². The van der Waals surface area contributed by atoms with E-state index in [9.17, 15) is 18.0 Å². The van der Waals surface area contributed by atoms with Gasteiger partial charge in [-0.05, 0) is 44.1 Å². The number of hydrogen-bond donors (Lipinski definition) is 0. The number of ketones is 1. The van der Waals surface area contributed by atoms with Crippen LogP contribution in [0.15, 0.2) is 12.1 Å². The summed E-state index contributed by atoms with van der Waals surface area (Å²) in [6.07, 6.45) is 1.06. The number of aromatic nitrogens is 3. The number of halogens is 3. The summed E-state index contributed by atoms with van der Waals surface area (Å²) in [5.41, 5.74) is 1.88. The number of carbonyl (C=O) groups excluding carboxylic acids is 1. The molecule has 0 radical (unpaired) electrons. The van der Waals surface area contributed by atoms with Gasteiger partial charge in [0, 0.05) is 44.2 Å². The van der Waals surface area contributed by atoms with Gasteiger partial charge >= 0.3 is 6.18 Å². The van der Waals surface area contributed by atoms with Gasteiger partial charge in [0.15, 0.2) is 6.61 Å². The van der Waals surface area contributed by atoms with E-state index in [2.05, 4.69) is 20.1 Å². The van der Waals surface area contributed by atoms with Gasteiger partial charge in [0.2, 0.25) is 5.88 Å². The zero-order valence-electron chi connectivity index (χ0n) is 19.9. The van der Waals surface area contributed by atoms with Gasteiger partial charge in [-0.1, -0.05) is 6.07 Å². The van der Waals surface area contributed by atoms with Crippen LogP contribution in [0.3, 0.4) is 0 Å². The number of Topliss-reactive ketones (excluding diaryl/α,β-unsaturated/α-hetero) is 1. The van der Waals surface area contributed by atoms with E-state index in [0.717, 1.165) is 66.6 Å². The molecule has 0 aliphatic carbocycles. The molecule has 192 valence electrons. The molecule has 2 atom stereocenters. The molecule has 7 nitrogen and oxygen atoms in total. The van der Waals surface area contributed by atoms with Gasteiger partial charge in [-0.3, -0.25) is 4.79 Å².